The van der Waals surface area contributed by atoms with E-state index < -0.39 is 0 Å². The van der Waals surface area contributed by atoms with Crippen LogP contribution in [-0.4, -0.2) is 32.6 Å². The number of carbonyl (C=O) groups is 1. The van der Waals surface area contributed by atoms with Crippen LogP contribution in [0, 0.1) is 0 Å². The van der Waals surface area contributed by atoms with Crippen LogP contribution < -0.4 is 15.5 Å². The van der Waals surface area contributed by atoms with Gasteiger partial charge in [-0.1, -0.05) is 28.8 Å². The Kier molecular flexibility index (Phi) is 5.43. The molecule has 1 aromatic rings. The zero-order valence-corrected chi connectivity index (χ0v) is 13.7. The molecule has 1 aromatic carbocycles. The van der Waals surface area contributed by atoms with Gasteiger partial charge in [-0.05, 0) is 37.6 Å². The highest BCUT2D eigenvalue weighted by molar-refractivity contribution is 9.10. The van der Waals surface area contributed by atoms with Crippen LogP contribution in [0.2, 0.25) is 0 Å². The summed E-state index contributed by atoms with van der Waals surface area (Å²) in [5.41, 5.74) is 1.86. The molecular weight excluding hydrogens is 318 g/mol. The third-order valence-electron chi connectivity index (χ3n) is 3.58. The number of carbonyl (C=O) groups excluding carboxylic acids is 1. The normalized spacial score (nSPS) is 19.2. The Hall–Kier alpha value is -1.07. The molecule has 1 saturated heterocycles. The Morgan fingerprint density at radius 2 is 2.15 bits per heavy atom. The molecule has 2 rings (SSSR count). The zero-order chi connectivity index (χ0) is 14.5. The molecule has 1 aliphatic heterocycles. The van der Waals surface area contributed by atoms with Gasteiger partial charge in [0.1, 0.15) is 0 Å². The second-order valence-electron chi connectivity index (χ2n) is 5.40. The first-order valence-corrected chi connectivity index (χ1v) is 7.88. The predicted octanol–water partition coefficient (Wildman–Crippen LogP) is 2.99. The molecule has 0 aromatic heterocycles. The second kappa shape index (κ2) is 7.09. The molecule has 20 heavy (non-hydrogen) atoms. The topological polar surface area (TPSA) is 44.4 Å². The molecule has 110 valence electrons. The molecule has 0 radical (unpaired) electrons. The molecule has 2 N–H and O–H groups in total. The lowest BCUT2D eigenvalue weighted by molar-refractivity contribution is -0.118. The highest BCUT2D eigenvalue weighted by Crippen LogP contribution is 2.28. The minimum Gasteiger partial charge on any atom is -0.376 e. The third kappa shape index (κ3) is 3.96. The van der Waals surface area contributed by atoms with Crippen LogP contribution in [0.25, 0.3) is 0 Å². The van der Waals surface area contributed by atoms with E-state index in [1.54, 1.807) is 0 Å². The Bertz CT molecular complexity index is 468. The molecule has 1 fully saturated rings. The summed E-state index contributed by atoms with van der Waals surface area (Å²) in [6.07, 6.45) is 4.39. The fourth-order valence-corrected chi connectivity index (χ4v) is 2.83. The Morgan fingerprint density at radius 1 is 1.35 bits per heavy atom. The highest BCUT2D eigenvalue weighted by Gasteiger charge is 2.20. The maximum atomic E-state index is 12.4. The molecule has 1 aliphatic rings. The summed E-state index contributed by atoms with van der Waals surface area (Å²) < 4.78 is 0.965. The summed E-state index contributed by atoms with van der Waals surface area (Å²) in [6.45, 7) is 0.928. The molecule has 1 heterocycles. The van der Waals surface area contributed by atoms with Crippen molar-refractivity contribution in [3.8, 4) is 0 Å². The van der Waals surface area contributed by atoms with Crippen LogP contribution in [0.3, 0.4) is 0 Å². The monoisotopic (exact) mass is 339 g/mol. The van der Waals surface area contributed by atoms with E-state index in [1.807, 2.05) is 37.2 Å². The number of anilines is 2. The van der Waals surface area contributed by atoms with Crippen LogP contribution in [-0.2, 0) is 4.79 Å². The quantitative estimate of drug-likeness (QED) is 0.889. The van der Waals surface area contributed by atoms with Crippen LogP contribution >= 0.6 is 15.9 Å². The van der Waals surface area contributed by atoms with E-state index in [2.05, 4.69) is 26.6 Å². The van der Waals surface area contributed by atoms with E-state index in [4.69, 9.17) is 0 Å². The lowest BCUT2D eigenvalue weighted by Gasteiger charge is -2.21. The molecule has 0 spiro atoms. The minimum atomic E-state index is -0.0773. The molecule has 5 heteroatoms. The number of halogens is 1. The molecule has 1 atom stereocenters. The smallest absolute Gasteiger partial charge is 0.241 e. The molecule has 1 amide bonds. The number of hydrogen-bond acceptors (Lipinski definition) is 3. The number of hydrogen-bond donors (Lipinski definition) is 2. The summed E-state index contributed by atoms with van der Waals surface area (Å²) in [5.74, 6) is 0.0631. The molecule has 1 unspecified atom stereocenters. The number of amides is 1. The van der Waals surface area contributed by atoms with E-state index in [0.717, 1.165) is 41.7 Å². The van der Waals surface area contributed by atoms with Gasteiger partial charge in [-0.15, -0.1) is 0 Å². The Balaban J connectivity index is 2.12. The van der Waals surface area contributed by atoms with Gasteiger partial charge in [0.15, 0.2) is 0 Å². The zero-order valence-electron chi connectivity index (χ0n) is 12.1. The molecule has 0 saturated carbocycles. The van der Waals surface area contributed by atoms with E-state index >= 15 is 0 Å². The van der Waals surface area contributed by atoms with Gasteiger partial charge in [-0.2, -0.15) is 0 Å². The van der Waals surface area contributed by atoms with Crippen molar-refractivity contribution in [1.29, 1.82) is 0 Å². The fourth-order valence-electron chi connectivity index (χ4n) is 2.47. The molecular formula is C15H22BrN3O. The highest BCUT2D eigenvalue weighted by atomic mass is 79.9. The maximum absolute atomic E-state index is 12.4. The first kappa shape index (κ1) is 15.3. The van der Waals surface area contributed by atoms with Crippen molar-refractivity contribution in [2.24, 2.45) is 0 Å². The summed E-state index contributed by atoms with van der Waals surface area (Å²) >= 11 is 3.46. The average molecular weight is 340 g/mol. The van der Waals surface area contributed by atoms with Gasteiger partial charge in [0.05, 0.1) is 17.4 Å². The van der Waals surface area contributed by atoms with Crippen molar-refractivity contribution < 1.29 is 4.79 Å². The van der Waals surface area contributed by atoms with E-state index in [-0.39, 0.29) is 11.9 Å². The van der Waals surface area contributed by atoms with Crippen molar-refractivity contribution in [2.45, 2.75) is 31.7 Å². The summed E-state index contributed by atoms with van der Waals surface area (Å²) in [7, 11) is 3.95. The van der Waals surface area contributed by atoms with Crippen LogP contribution in [0.4, 0.5) is 11.4 Å². The lowest BCUT2D eigenvalue weighted by atomic mass is 10.1. The standard InChI is InChI=1S/C15H22BrN3O/c1-19(2)14-8-7-11(16)10-13(14)18-15(20)12-6-4-3-5-9-17-12/h7-8,10,12,17H,3-6,9H2,1-2H3,(H,18,20). The minimum absolute atomic E-state index is 0.0631. The van der Waals surface area contributed by atoms with Gasteiger partial charge in [-0.3, -0.25) is 4.79 Å². The second-order valence-corrected chi connectivity index (χ2v) is 6.32. The van der Waals surface area contributed by atoms with Crippen LogP contribution in [0.15, 0.2) is 22.7 Å². The number of nitrogens with one attached hydrogen (secondary N) is 2. The van der Waals surface area contributed by atoms with Gasteiger partial charge < -0.3 is 15.5 Å². The van der Waals surface area contributed by atoms with Gasteiger partial charge in [0.2, 0.25) is 5.91 Å². The number of nitrogens with zero attached hydrogens (tertiary/aromatic N) is 1. The van der Waals surface area contributed by atoms with Gasteiger partial charge in [0.25, 0.3) is 0 Å². The van der Waals surface area contributed by atoms with E-state index in [1.165, 1.54) is 6.42 Å². The maximum Gasteiger partial charge on any atom is 0.241 e. The SMILES string of the molecule is CN(C)c1ccc(Br)cc1NC(=O)C1CCCCCN1. The average Bonchev–Trinajstić information content (AvgIpc) is 2.67. The van der Waals surface area contributed by atoms with E-state index in [9.17, 15) is 4.79 Å². The number of benzene rings is 1. The van der Waals surface area contributed by atoms with Crippen molar-refractivity contribution in [1.82, 2.24) is 5.32 Å². The van der Waals surface area contributed by atoms with Gasteiger partial charge >= 0.3 is 0 Å². The Morgan fingerprint density at radius 3 is 2.90 bits per heavy atom. The molecule has 4 nitrogen and oxygen atoms in total. The van der Waals surface area contributed by atoms with Crippen LogP contribution in [0.1, 0.15) is 25.7 Å². The van der Waals surface area contributed by atoms with Crippen molar-refractivity contribution in [2.75, 3.05) is 30.9 Å². The predicted molar refractivity (Wildman–Crippen MR) is 87.4 cm³/mol. The summed E-state index contributed by atoms with van der Waals surface area (Å²) in [6, 6.07) is 5.85. The van der Waals surface area contributed by atoms with Crippen molar-refractivity contribution >= 4 is 33.2 Å². The summed E-state index contributed by atoms with van der Waals surface area (Å²) in [5, 5.41) is 6.38. The van der Waals surface area contributed by atoms with Crippen molar-refractivity contribution in [3.05, 3.63) is 22.7 Å². The third-order valence-corrected chi connectivity index (χ3v) is 4.07. The first-order chi connectivity index (χ1) is 9.58. The van der Waals surface area contributed by atoms with Crippen LogP contribution in [0.5, 0.6) is 0 Å². The largest absolute Gasteiger partial charge is 0.376 e. The van der Waals surface area contributed by atoms with E-state index in [0.29, 0.717) is 0 Å². The first-order valence-electron chi connectivity index (χ1n) is 7.09. The Labute approximate surface area is 129 Å². The summed E-state index contributed by atoms with van der Waals surface area (Å²) in [4.78, 5) is 14.4. The lowest BCUT2D eigenvalue weighted by Crippen LogP contribution is -2.40. The fraction of sp³-hybridized carbons (Fsp3) is 0.533. The molecule has 0 aliphatic carbocycles. The van der Waals surface area contributed by atoms with Gasteiger partial charge in [0, 0.05) is 18.6 Å². The number of rotatable bonds is 3. The molecule has 0 bridgehead atoms. The van der Waals surface area contributed by atoms with Crippen molar-refractivity contribution in [3.63, 3.8) is 0 Å². The van der Waals surface area contributed by atoms with Gasteiger partial charge in [-0.25, -0.2) is 0 Å².